The molecule has 64 heavy (non-hydrogen) atoms. The zero-order valence-electron chi connectivity index (χ0n) is 32.9. The van der Waals surface area contributed by atoms with Gasteiger partial charge in [0.05, 0.1) is 18.3 Å². The molecule has 6 rings (SSSR count). The van der Waals surface area contributed by atoms with Crippen molar-refractivity contribution in [1.29, 1.82) is 0 Å². The van der Waals surface area contributed by atoms with Crippen LogP contribution in [0.3, 0.4) is 0 Å². The molecule has 0 radical (unpaired) electrons. The van der Waals surface area contributed by atoms with Crippen LogP contribution < -0.4 is 26.6 Å². The van der Waals surface area contributed by atoms with E-state index in [4.69, 9.17) is 38.3 Å². The minimum Gasteiger partial charge on any atom is -0.444 e. The highest BCUT2D eigenvalue weighted by molar-refractivity contribution is 7.49. The topological polar surface area (TPSA) is 339 Å². The van der Waals surface area contributed by atoms with Crippen molar-refractivity contribution < 1.29 is 85.9 Å². The Morgan fingerprint density at radius 2 is 1.61 bits per heavy atom. The van der Waals surface area contributed by atoms with E-state index < -0.39 is 73.5 Å². The number of amides is 2. The van der Waals surface area contributed by atoms with Crippen molar-refractivity contribution in [3.05, 3.63) is 133 Å². The molecule has 0 saturated carbocycles. The lowest BCUT2D eigenvalue weighted by atomic mass is 9.83. The minimum atomic E-state index is -5.05. The molecule has 8 N–H and O–H groups in total. The Morgan fingerprint density at radius 3 is 2.28 bits per heavy atom. The summed E-state index contributed by atoms with van der Waals surface area (Å²) >= 11 is 0. The summed E-state index contributed by atoms with van der Waals surface area (Å²) in [6.45, 7) is 0.480. The van der Waals surface area contributed by atoms with E-state index in [0.29, 0.717) is 23.1 Å². The fraction of sp³-hybridized carbons (Fsp3) is 0.243. The van der Waals surface area contributed by atoms with E-state index in [2.05, 4.69) is 34.3 Å². The standard InChI is InChI=1S/C37H37N4O20P3/c1-20(42)11-21-5-7-23-14-24-8-6-22(13-29(24)33(44)28(23)12-21)18-54-37(48)39-26-3-2-4-27(15-26)56-36(47)38-10-9-25-17-41(35(46)40-34(25)45)32-16-30(43)31(57-32)19-55-64(53,60-58-62(49)50)61-59-63(51)52/h2-10,12-13,15,17,30-32,43,49-52H,11,14,16,18-19H2,1H3,(H,38,47)(H,39,48)(H,40,45,46)/b10-9-/t30-,31-,32-/m1/s1. The molecule has 24 nitrogen and oxygen atoms in total. The van der Waals surface area contributed by atoms with Crippen LogP contribution in [0.1, 0.15) is 63.3 Å². The van der Waals surface area contributed by atoms with Crippen molar-refractivity contribution >= 4 is 60.5 Å². The number of phosphoric acid groups is 1. The van der Waals surface area contributed by atoms with Gasteiger partial charge in [-0.3, -0.25) is 39.1 Å². The smallest absolute Gasteiger partial charge is 0.444 e. The van der Waals surface area contributed by atoms with E-state index in [1.807, 2.05) is 12.1 Å². The molecule has 27 heteroatoms. The molecule has 2 heterocycles. The molecule has 3 aromatic carbocycles. The van der Waals surface area contributed by atoms with Gasteiger partial charge in [-0.25, -0.2) is 18.9 Å². The maximum atomic E-state index is 13.4. The molecule has 340 valence electrons. The number of nitrogens with zero attached hydrogens (tertiary/aromatic N) is 1. The molecule has 4 aromatic rings. The average molecular weight is 951 g/mol. The molecular weight excluding hydrogens is 913 g/mol. The fourth-order valence-electron chi connectivity index (χ4n) is 6.32. The summed E-state index contributed by atoms with van der Waals surface area (Å²) in [6, 6.07) is 16.4. The Hall–Kier alpha value is -5.39. The highest BCUT2D eigenvalue weighted by Crippen LogP contribution is 2.55. The zero-order valence-corrected chi connectivity index (χ0v) is 35.6. The molecule has 0 spiro atoms. The van der Waals surface area contributed by atoms with E-state index in [1.54, 1.807) is 24.3 Å². The van der Waals surface area contributed by atoms with Crippen molar-refractivity contribution in [2.75, 3.05) is 11.9 Å². The zero-order chi connectivity index (χ0) is 46.1. The Morgan fingerprint density at radius 1 is 0.938 bits per heavy atom. The minimum absolute atomic E-state index is 0.00116. The number of carbonyl (C=O) groups is 4. The lowest BCUT2D eigenvalue weighted by molar-refractivity contribution is -0.202. The second-order valence-corrected chi connectivity index (χ2v) is 16.5. The molecule has 1 aliphatic carbocycles. The molecule has 2 aliphatic rings. The molecule has 0 bridgehead atoms. The quantitative estimate of drug-likeness (QED) is 0.0354. The molecule has 0 unspecified atom stereocenters. The number of aliphatic hydroxyl groups excluding tert-OH is 1. The number of aliphatic hydroxyl groups is 1. The van der Waals surface area contributed by atoms with Crippen LogP contribution >= 0.6 is 25.0 Å². The first-order valence-electron chi connectivity index (χ1n) is 18.4. The Balaban J connectivity index is 0.994. The van der Waals surface area contributed by atoms with Gasteiger partial charge in [-0.1, -0.05) is 30.3 Å². The number of aromatic nitrogens is 2. The lowest BCUT2D eigenvalue weighted by Crippen LogP contribution is -2.33. The van der Waals surface area contributed by atoms with Crippen molar-refractivity contribution in [2.24, 2.45) is 0 Å². The molecule has 1 aromatic heterocycles. The van der Waals surface area contributed by atoms with Crippen molar-refractivity contribution in [3.8, 4) is 5.75 Å². The second kappa shape index (κ2) is 21.5. The molecule has 1 fully saturated rings. The molecular formula is C37H37N4O20P3. The summed E-state index contributed by atoms with van der Waals surface area (Å²) in [5.74, 6) is -0.204. The highest BCUT2D eigenvalue weighted by Gasteiger charge is 2.40. The number of aromatic amines is 1. The van der Waals surface area contributed by atoms with Crippen molar-refractivity contribution in [2.45, 2.75) is 51.2 Å². The van der Waals surface area contributed by atoms with E-state index >= 15 is 0 Å². The third-order valence-electron chi connectivity index (χ3n) is 9.09. The van der Waals surface area contributed by atoms with E-state index in [9.17, 15) is 38.4 Å². The van der Waals surface area contributed by atoms with Gasteiger partial charge < -0.3 is 38.9 Å². The van der Waals surface area contributed by atoms with Gasteiger partial charge >= 0.3 is 42.9 Å². The number of nitrogens with one attached hydrogen (secondary N) is 3. The van der Waals surface area contributed by atoms with Gasteiger partial charge in [0.1, 0.15) is 30.5 Å². The summed E-state index contributed by atoms with van der Waals surface area (Å²) in [6.07, 6.45) is -2.22. The van der Waals surface area contributed by atoms with Crippen molar-refractivity contribution in [3.63, 3.8) is 0 Å². The van der Waals surface area contributed by atoms with Crippen molar-refractivity contribution in [1.82, 2.24) is 14.9 Å². The Kier molecular flexibility index (Phi) is 16.2. The van der Waals surface area contributed by atoms with Crippen LogP contribution in [-0.4, -0.2) is 76.8 Å². The predicted octanol–water partition coefficient (Wildman–Crippen LogP) is 3.40. The van der Waals surface area contributed by atoms with Gasteiger partial charge in [0.15, 0.2) is 5.78 Å². The lowest BCUT2D eigenvalue weighted by Gasteiger charge is -2.20. The number of fused-ring (bicyclic) bond motifs is 2. The maximum absolute atomic E-state index is 13.4. The monoisotopic (exact) mass is 950 g/mol. The van der Waals surface area contributed by atoms with Gasteiger partial charge in [-0.05, 0) is 65.9 Å². The predicted molar refractivity (Wildman–Crippen MR) is 218 cm³/mol. The van der Waals surface area contributed by atoms with Crippen LogP contribution in [0.4, 0.5) is 15.3 Å². The summed E-state index contributed by atoms with van der Waals surface area (Å²) in [4.78, 5) is 113. The van der Waals surface area contributed by atoms with Gasteiger partial charge in [0.25, 0.3) is 5.56 Å². The Bertz CT molecular complexity index is 2580. The summed E-state index contributed by atoms with van der Waals surface area (Å²) < 4.78 is 50.7. The number of Topliss-reactive ketones (excluding diaryl/α,β-unsaturated/α-hetero) is 1. The Labute approximate surface area is 362 Å². The first kappa shape index (κ1) is 48.1. The third kappa shape index (κ3) is 13.1. The number of ether oxygens (including phenoxy) is 3. The normalized spacial score (nSPS) is 17.1. The number of anilines is 1. The molecule has 2 amide bonds. The number of ketones is 2. The number of hydrogen-bond acceptors (Lipinski definition) is 20. The number of H-pyrrole nitrogens is 1. The highest BCUT2D eigenvalue weighted by atomic mass is 31.2. The van der Waals surface area contributed by atoms with E-state index in [1.165, 1.54) is 31.2 Å². The average Bonchev–Trinajstić information content (AvgIpc) is 3.61. The summed E-state index contributed by atoms with van der Waals surface area (Å²) in [5, 5.41) is 15.3. The summed E-state index contributed by atoms with van der Waals surface area (Å²) in [7, 11) is -11.5. The van der Waals surface area contributed by atoms with Gasteiger partial charge in [0.2, 0.25) is 0 Å². The van der Waals surface area contributed by atoms with Crippen LogP contribution in [0.25, 0.3) is 6.08 Å². The van der Waals surface area contributed by atoms with E-state index in [0.717, 1.165) is 39.7 Å². The van der Waals surface area contributed by atoms with Crippen LogP contribution in [0, 0.1) is 0 Å². The SMILES string of the molecule is CC(=O)Cc1ccc2c(c1)C(=O)c1cc(COC(=O)Nc3cccc(OC(=O)N/C=C\c4cn([C@H]5C[C@@H](O)[C@@H](COP(=O)(OOP(O)O)OOP(O)O)O5)c(=O)[nH]c4=O)c3)ccc1C2. The fourth-order valence-corrected chi connectivity index (χ4v) is 7.89. The van der Waals surface area contributed by atoms with E-state index in [-0.39, 0.29) is 48.0 Å². The second-order valence-electron chi connectivity index (χ2n) is 13.7. The number of rotatable bonds is 18. The van der Waals surface area contributed by atoms with Crippen LogP contribution in [-0.2, 0) is 61.5 Å². The molecule has 1 aliphatic heterocycles. The molecule has 3 atom stereocenters. The number of benzene rings is 3. The first-order valence-corrected chi connectivity index (χ1v) is 22.2. The maximum Gasteiger partial charge on any atom is 0.530 e. The van der Waals surface area contributed by atoms with Gasteiger partial charge in [-0.2, -0.15) is 0 Å². The summed E-state index contributed by atoms with van der Waals surface area (Å²) in [5.41, 5.74) is 2.19. The van der Waals surface area contributed by atoms with Crippen LogP contribution in [0.5, 0.6) is 5.75 Å². The molecule has 1 saturated heterocycles. The first-order chi connectivity index (χ1) is 30.4. The van der Waals surface area contributed by atoms with Gasteiger partial charge in [-0.15, -0.1) is 18.7 Å². The van der Waals surface area contributed by atoms with Crippen LogP contribution in [0.2, 0.25) is 0 Å². The third-order valence-corrected chi connectivity index (χ3v) is 10.7. The van der Waals surface area contributed by atoms with Gasteiger partial charge in [0, 0.05) is 48.1 Å². The number of hydrogen-bond donors (Lipinski definition) is 8. The number of carbonyl (C=O) groups excluding carboxylic acids is 4. The largest absolute Gasteiger partial charge is 0.530 e. The van der Waals surface area contributed by atoms with Crippen LogP contribution in [0.15, 0.2) is 82.6 Å².